The molecule has 1 aromatic carbocycles. The standard InChI is InChI=1S/C14H18N2O2S/c1-11-3-5-13(6-4-11)18-9-12(17)10-19-14-15-7-8-16(14)2/h3-8,12,17H,9-10H2,1-2H3. The molecule has 0 aliphatic heterocycles. The van der Waals surface area contributed by atoms with Crippen molar-refractivity contribution in [1.82, 2.24) is 9.55 Å². The third-order valence-electron chi connectivity index (χ3n) is 2.65. The highest BCUT2D eigenvalue weighted by molar-refractivity contribution is 7.99. The van der Waals surface area contributed by atoms with Crippen LogP contribution in [0.15, 0.2) is 41.8 Å². The SMILES string of the molecule is Cc1ccc(OCC(O)CSc2nccn2C)cc1. The number of thioether (sulfide) groups is 1. The van der Waals surface area contributed by atoms with Crippen LogP contribution < -0.4 is 4.74 Å². The van der Waals surface area contributed by atoms with Crippen LogP contribution in [0.1, 0.15) is 5.56 Å². The van der Waals surface area contributed by atoms with E-state index in [1.54, 1.807) is 6.20 Å². The molecular formula is C14H18N2O2S. The summed E-state index contributed by atoms with van der Waals surface area (Å²) < 4.78 is 7.46. The van der Waals surface area contributed by atoms with Gasteiger partial charge in [-0.15, -0.1) is 0 Å². The summed E-state index contributed by atoms with van der Waals surface area (Å²) in [4.78, 5) is 4.19. The molecule has 0 amide bonds. The summed E-state index contributed by atoms with van der Waals surface area (Å²) in [5.41, 5.74) is 1.19. The van der Waals surface area contributed by atoms with Crippen LogP contribution in [0.2, 0.25) is 0 Å². The summed E-state index contributed by atoms with van der Waals surface area (Å²) in [5, 5.41) is 10.8. The lowest BCUT2D eigenvalue weighted by atomic mass is 10.2. The van der Waals surface area contributed by atoms with E-state index in [1.165, 1.54) is 17.3 Å². The topological polar surface area (TPSA) is 47.3 Å². The zero-order valence-corrected chi connectivity index (χ0v) is 11.9. The minimum atomic E-state index is -0.511. The first-order valence-corrected chi connectivity index (χ1v) is 7.11. The van der Waals surface area contributed by atoms with Crippen molar-refractivity contribution in [2.75, 3.05) is 12.4 Å². The van der Waals surface area contributed by atoms with Crippen LogP contribution in [0.5, 0.6) is 5.75 Å². The number of aliphatic hydroxyl groups excluding tert-OH is 1. The molecule has 1 N–H and O–H groups in total. The number of ether oxygens (including phenoxy) is 1. The summed E-state index contributed by atoms with van der Waals surface area (Å²) in [6, 6.07) is 7.80. The zero-order chi connectivity index (χ0) is 13.7. The quantitative estimate of drug-likeness (QED) is 0.823. The van der Waals surface area contributed by atoms with Crippen LogP contribution in [0.3, 0.4) is 0 Å². The van der Waals surface area contributed by atoms with Crippen molar-refractivity contribution < 1.29 is 9.84 Å². The minimum Gasteiger partial charge on any atom is -0.491 e. The zero-order valence-electron chi connectivity index (χ0n) is 11.1. The maximum Gasteiger partial charge on any atom is 0.167 e. The van der Waals surface area contributed by atoms with E-state index in [4.69, 9.17) is 4.74 Å². The molecule has 1 unspecified atom stereocenters. The normalized spacial score (nSPS) is 12.4. The van der Waals surface area contributed by atoms with Crippen LogP contribution in [-0.4, -0.2) is 33.1 Å². The van der Waals surface area contributed by atoms with Gasteiger partial charge >= 0.3 is 0 Å². The van der Waals surface area contributed by atoms with Crippen LogP contribution in [-0.2, 0) is 7.05 Å². The van der Waals surface area contributed by atoms with Gasteiger partial charge < -0.3 is 14.4 Å². The van der Waals surface area contributed by atoms with Gasteiger partial charge in [-0.3, -0.25) is 0 Å². The number of aryl methyl sites for hydroxylation is 2. The lowest BCUT2D eigenvalue weighted by Gasteiger charge is -2.12. The van der Waals surface area contributed by atoms with E-state index < -0.39 is 6.10 Å². The molecule has 0 aliphatic rings. The molecule has 0 bridgehead atoms. The van der Waals surface area contributed by atoms with Crippen LogP contribution in [0, 0.1) is 6.92 Å². The molecular weight excluding hydrogens is 260 g/mol. The van der Waals surface area contributed by atoms with Gasteiger partial charge in [0, 0.05) is 25.2 Å². The fourth-order valence-corrected chi connectivity index (χ4v) is 2.37. The Morgan fingerprint density at radius 1 is 1.37 bits per heavy atom. The van der Waals surface area contributed by atoms with Crippen molar-refractivity contribution in [3.05, 3.63) is 42.2 Å². The van der Waals surface area contributed by atoms with Gasteiger partial charge in [-0.1, -0.05) is 29.5 Å². The van der Waals surface area contributed by atoms with Gasteiger partial charge in [-0.25, -0.2) is 4.98 Å². The third kappa shape index (κ3) is 4.29. The van der Waals surface area contributed by atoms with Crippen molar-refractivity contribution >= 4 is 11.8 Å². The van der Waals surface area contributed by atoms with E-state index in [-0.39, 0.29) is 0 Å². The molecule has 0 aliphatic carbocycles. The van der Waals surface area contributed by atoms with Gasteiger partial charge in [-0.05, 0) is 19.1 Å². The molecule has 1 heterocycles. The Hall–Kier alpha value is -1.46. The fourth-order valence-electron chi connectivity index (χ4n) is 1.54. The van der Waals surface area contributed by atoms with Gasteiger partial charge in [-0.2, -0.15) is 0 Å². The highest BCUT2D eigenvalue weighted by Gasteiger charge is 2.08. The van der Waals surface area contributed by atoms with E-state index in [1.807, 2.05) is 49.0 Å². The van der Waals surface area contributed by atoms with Gasteiger partial charge in [0.2, 0.25) is 0 Å². The number of aromatic nitrogens is 2. The predicted octanol–water partition coefficient (Wildman–Crippen LogP) is 2.26. The second-order valence-corrected chi connectivity index (χ2v) is 5.40. The molecule has 0 fully saturated rings. The molecule has 1 aromatic heterocycles. The number of rotatable bonds is 6. The molecule has 2 rings (SSSR count). The average molecular weight is 278 g/mol. The molecule has 5 heteroatoms. The molecule has 19 heavy (non-hydrogen) atoms. The second-order valence-electron chi connectivity index (χ2n) is 4.41. The number of benzene rings is 1. The first-order chi connectivity index (χ1) is 9.15. The van der Waals surface area contributed by atoms with Gasteiger partial charge in [0.25, 0.3) is 0 Å². The molecule has 4 nitrogen and oxygen atoms in total. The van der Waals surface area contributed by atoms with E-state index >= 15 is 0 Å². The number of aliphatic hydroxyl groups is 1. The van der Waals surface area contributed by atoms with E-state index in [0.29, 0.717) is 12.4 Å². The van der Waals surface area contributed by atoms with Crippen molar-refractivity contribution in [2.24, 2.45) is 7.05 Å². The Kier molecular flexibility index (Phi) is 4.87. The Labute approximate surface area is 117 Å². The molecule has 0 spiro atoms. The second kappa shape index (κ2) is 6.63. The molecule has 0 saturated carbocycles. The predicted molar refractivity (Wildman–Crippen MR) is 76.6 cm³/mol. The Morgan fingerprint density at radius 3 is 2.74 bits per heavy atom. The molecule has 102 valence electrons. The Morgan fingerprint density at radius 2 is 2.11 bits per heavy atom. The molecule has 1 atom stereocenters. The summed E-state index contributed by atoms with van der Waals surface area (Å²) >= 11 is 1.52. The van der Waals surface area contributed by atoms with Gasteiger partial charge in [0.15, 0.2) is 5.16 Å². The summed E-state index contributed by atoms with van der Waals surface area (Å²) in [5.74, 6) is 1.35. The van der Waals surface area contributed by atoms with E-state index in [0.717, 1.165) is 10.9 Å². The number of nitrogens with zero attached hydrogens (tertiary/aromatic N) is 2. The van der Waals surface area contributed by atoms with Crippen molar-refractivity contribution in [2.45, 2.75) is 18.2 Å². The largest absolute Gasteiger partial charge is 0.491 e. The molecule has 0 radical (unpaired) electrons. The van der Waals surface area contributed by atoms with Crippen molar-refractivity contribution in [3.63, 3.8) is 0 Å². The molecule has 2 aromatic rings. The van der Waals surface area contributed by atoms with Crippen molar-refractivity contribution in [3.8, 4) is 5.75 Å². The summed E-state index contributed by atoms with van der Waals surface area (Å²) in [6.07, 6.45) is 3.12. The van der Waals surface area contributed by atoms with E-state index in [2.05, 4.69) is 4.98 Å². The van der Waals surface area contributed by atoms with E-state index in [9.17, 15) is 5.11 Å². The first kappa shape index (κ1) is 14.0. The van der Waals surface area contributed by atoms with Gasteiger partial charge in [0.1, 0.15) is 12.4 Å². The third-order valence-corrected chi connectivity index (χ3v) is 3.85. The lowest BCUT2D eigenvalue weighted by molar-refractivity contribution is 0.126. The van der Waals surface area contributed by atoms with Gasteiger partial charge in [0.05, 0.1) is 6.10 Å². The number of imidazole rings is 1. The number of hydrogen-bond acceptors (Lipinski definition) is 4. The van der Waals surface area contributed by atoms with Crippen molar-refractivity contribution in [1.29, 1.82) is 0 Å². The highest BCUT2D eigenvalue weighted by Crippen LogP contribution is 2.16. The Balaban J connectivity index is 1.74. The smallest absolute Gasteiger partial charge is 0.167 e. The maximum atomic E-state index is 9.87. The highest BCUT2D eigenvalue weighted by atomic mass is 32.2. The summed E-state index contributed by atoms with van der Waals surface area (Å²) in [7, 11) is 1.94. The Bertz CT molecular complexity index is 510. The summed E-state index contributed by atoms with van der Waals surface area (Å²) in [6.45, 7) is 2.32. The minimum absolute atomic E-state index is 0.292. The maximum absolute atomic E-state index is 9.87. The monoisotopic (exact) mass is 278 g/mol. The molecule has 0 saturated heterocycles. The van der Waals surface area contributed by atoms with Crippen LogP contribution in [0.25, 0.3) is 0 Å². The van der Waals surface area contributed by atoms with Crippen LogP contribution >= 0.6 is 11.8 Å². The average Bonchev–Trinajstić information content (AvgIpc) is 2.81. The first-order valence-electron chi connectivity index (χ1n) is 6.13. The fraction of sp³-hybridized carbons (Fsp3) is 0.357. The number of hydrogen-bond donors (Lipinski definition) is 1. The lowest BCUT2D eigenvalue weighted by Crippen LogP contribution is -2.20. The van der Waals surface area contributed by atoms with Crippen LogP contribution in [0.4, 0.5) is 0 Å².